The standard InChI is InChI=1S/C10H12O3S.C2H6/c1-8-2-4-9(5-3-8)10-6-12-14(11)13-7-10;1-2/h2-5,10H,6-7H2,1H3;1-2H3. The largest absolute Gasteiger partial charge is 0.304 e. The van der Waals surface area contributed by atoms with Crippen molar-refractivity contribution in [2.45, 2.75) is 26.7 Å². The predicted molar refractivity (Wildman–Crippen MR) is 65.3 cm³/mol. The van der Waals surface area contributed by atoms with E-state index in [4.69, 9.17) is 8.37 Å². The van der Waals surface area contributed by atoms with Crippen molar-refractivity contribution in [2.75, 3.05) is 13.2 Å². The van der Waals surface area contributed by atoms with Gasteiger partial charge in [0, 0.05) is 5.92 Å². The Labute approximate surface area is 99.6 Å². The van der Waals surface area contributed by atoms with Crippen molar-refractivity contribution >= 4 is 11.4 Å². The average Bonchev–Trinajstić information content (AvgIpc) is 2.34. The Bertz CT molecular complexity index is 325. The summed E-state index contributed by atoms with van der Waals surface area (Å²) in [6.07, 6.45) is 0. The maximum atomic E-state index is 10.8. The molecule has 0 saturated carbocycles. The van der Waals surface area contributed by atoms with Gasteiger partial charge in [-0.3, -0.25) is 8.37 Å². The topological polar surface area (TPSA) is 35.5 Å². The molecule has 1 saturated heterocycles. The van der Waals surface area contributed by atoms with Gasteiger partial charge in [-0.1, -0.05) is 43.7 Å². The van der Waals surface area contributed by atoms with E-state index in [2.05, 4.69) is 24.3 Å². The summed E-state index contributed by atoms with van der Waals surface area (Å²) in [6, 6.07) is 8.23. The zero-order valence-corrected chi connectivity index (χ0v) is 10.8. The Morgan fingerprint density at radius 3 is 2.12 bits per heavy atom. The van der Waals surface area contributed by atoms with Crippen molar-refractivity contribution in [3.63, 3.8) is 0 Å². The fourth-order valence-electron chi connectivity index (χ4n) is 1.39. The van der Waals surface area contributed by atoms with E-state index in [1.807, 2.05) is 20.8 Å². The van der Waals surface area contributed by atoms with Gasteiger partial charge in [0.25, 0.3) is 0 Å². The van der Waals surface area contributed by atoms with Gasteiger partial charge in [-0.2, -0.15) is 4.21 Å². The zero-order valence-electron chi connectivity index (χ0n) is 9.93. The molecule has 0 radical (unpaired) electrons. The van der Waals surface area contributed by atoms with Crippen LogP contribution in [0, 0.1) is 6.92 Å². The van der Waals surface area contributed by atoms with E-state index in [1.165, 1.54) is 11.1 Å². The van der Waals surface area contributed by atoms with Gasteiger partial charge in [-0.05, 0) is 12.5 Å². The number of hydrogen-bond donors (Lipinski definition) is 0. The fraction of sp³-hybridized carbons (Fsp3) is 0.500. The molecule has 1 aliphatic rings. The summed E-state index contributed by atoms with van der Waals surface area (Å²) in [7, 11) is 0. The molecule has 4 heteroatoms. The smallest absolute Gasteiger partial charge is 0.268 e. The fourth-order valence-corrected chi connectivity index (χ4v) is 2.01. The molecule has 1 aromatic rings. The summed E-state index contributed by atoms with van der Waals surface area (Å²) in [5, 5.41) is 0. The molecule has 0 spiro atoms. The molecule has 0 bridgehead atoms. The summed E-state index contributed by atoms with van der Waals surface area (Å²) in [5.41, 5.74) is 2.40. The average molecular weight is 242 g/mol. The summed E-state index contributed by atoms with van der Waals surface area (Å²) in [4.78, 5) is 0. The van der Waals surface area contributed by atoms with Crippen molar-refractivity contribution in [1.82, 2.24) is 0 Å². The van der Waals surface area contributed by atoms with Crippen LogP contribution in [-0.4, -0.2) is 17.4 Å². The maximum Gasteiger partial charge on any atom is 0.304 e. The highest BCUT2D eigenvalue weighted by Gasteiger charge is 2.20. The first-order valence-corrected chi connectivity index (χ1v) is 6.50. The van der Waals surface area contributed by atoms with Crippen LogP contribution in [0.15, 0.2) is 24.3 Å². The molecule has 3 nitrogen and oxygen atoms in total. The summed E-state index contributed by atoms with van der Waals surface area (Å²) in [5.74, 6) is 0.202. The monoisotopic (exact) mass is 242 g/mol. The molecule has 0 amide bonds. The van der Waals surface area contributed by atoms with Crippen molar-refractivity contribution in [3.05, 3.63) is 35.4 Å². The molecule has 90 valence electrons. The van der Waals surface area contributed by atoms with Crippen LogP contribution in [0.25, 0.3) is 0 Å². The maximum absolute atomic E-state index is 10.8. The lowest BCUT2D eigenvalue weighted by molar-refractivity contribution is 0.160. The first-order valence-electron chi connectivity index (χ1n) is 5.50. The molecule has 0 aliphatic carbocycles. The Kier molecular flexibility index (Phi) is 5.66. The highest BCUT2D eigenvalue weighted by molar-refractivity contribution is 7.75. The van der Waals surface area contributed by atoms with Crippen LogP contribution < -0.4 is 0 Å². The highest BCUT2D eigenvalue weighted by Crippen LogP contribution is 2.21. The Balaban J connectivity index is 0.000000606. The van der Waals surface area contributed by atoms with Gasteiger partial charge in [0.15, 0.2) is 0 Å². The minimum atomic E-state index is -1.54. The quantitative estimate of drug-likeness (QED) is 0.759. The third-order valence-corrected chi connectivity index (χ3v) is 2.94. The lowest BCUT2D eigenvalue weighted by Gasteiger charge is -2.20. The second kappa shape index (κ2) is 6.78. The molecule has 1 aromatic carbocycles. The van der Waals surface area contributed by atoms with E-state index in [9.17, 15) is 4.21 Å². The van der Waals surface area contributed by atoms with Crippen LogP contribution in [-0.2, 0) is 19.7 Å². The Morgan fingerprint density at radius 1 is 1.12 bits per heavy atom. The predicted octanol–water partition coefficient (Wildman–Crippen LogP) is 2.73. The molecule has 0 atom stereocenters. The van der Waals surface area contributed by atoms with Crippen LogP contribution >= 0.6 is 0 Å². The van der Waals surface area contributed by atoms with Gasteiger partial charge in [0.2, 0.25) is 0 Å². The third-order valence-electron chi connectivity index (χ3n) is 2.28. The lowest BCUT2D eigenvalue weighted by atomic mass is 10.00. The van der Waals surface area contributed by atoms with Crippen molar-refractivity contribution < 1.29 is 12.6 Å². The molecule has 16 heavy (non-hydrogen) atoms. The van der Waals surface area contributed by atoms with Gasteiger partial charge >= 0.3 is 11.4 Å². The van der Waals surface area contributed by atoms with Crippen molar-refractivity contribution in [2.24, 2.45) is 0 Å². The van der Waals surface area contributed by atoms with Gasteiger partial charge in [0.1, 0.15) is 0 Å². The SMILES string of the molecule is CC.Cc1ccc(C2COS(=O)OC2)cc1. The van der Waals surface area contributed by atoms with Crippen LogP contribution in [0.4, 0.5) is 0 Å². The molecular formula is C12H18O3S. The normalized spacial score (nSPS) is 24.4. The lowest BCUT2D eigenvalue weighted by Crippen LogP contribution is -2.22. The van der Waals surface area contributed by atoms with E-state index >= 15 is 0 Å². The molecule has 0 aromatic heterocycles. The molecule has 1 fully saturated rings. The van der Waals surface area contributed by atoms with Crippen LogP contribution in [0.3, 0.4) is 0 Å². The van der Waals surface area contributed by atoms with Gasteiger partial charge in [0.05, 0.1) is 13.2 Å². The Morgan fingerprint density at radius 2 is 1.62 bits per heavy atom. The number of aryl methyl sites for hydroxylation is 1. The summed E-state index contributed by atoms with van der Waals surface area (Å²) < 4.78 is 20.6. The van der Waals surface area contributed by atoms with E-state index in [0.717, 1.165) is 0 Å². The van der Waals surface area contributed by atoms with Crippen LogP contribution in [0.5, 0.6) is 0 Å². The highest BCUT2D eigenvalue weighted by atomic mass is 32.2. The van der Waals surface area contributed by atoms with Crippen molar-refractivity contribution in [3.8, 4) is 0 Å². The number of rotatable bonds is 1. The minimum absolute atomic E-state index is 0.202. The van der Waals surface area contributed by atoms with E-state index in [1.54, 1.807) is 0 Å². The van der Waals surface area contributed by atoms with Gasteiger partial charge in [-0.25, -0.2) is 0 Å². The third kappa shape index (κ3) is 3.70. The summed E-state index contributed by atoms with van der Waals surface area (Å²) >= 11 is -1.54. The molecule has 0 unspecified atom stereocenters. The van der Waals surface area contributed by atoms with Crippen LogP contribution in [0.2, 0.25) is 0 Å². The summed E-state index contributed by atoms with van der Waals surface area (Å²) in [6.45, 7) is 6.98. The van der Waals surface area contributed by atoms with E-state index in [-0.39, 0.29) is 5.92 Å². The van der Waals surface area contributed by atoms with E-state index < -0.39 is 11.4 Å². The second-order valence-electron chi connectivity index (χ2n) is 3.38. The Hall–Kier alpha value is -0.710. The first kappa shape index (κ1) is 13.4. The molecule has 1 aliphatic heterocycles. The van der Waals surface area contributed by atoms with E-state index in [0.29, 0.717) is 13.2 Å². The molecule has 2 rings (SSSR count). The molecular weight excluding hydrogens is 224 g/mol. The number of hydrogen-bond acceptors (Lipinski definition) is 3. The minimum Gasteiger partial charge on any atom is -0.268 e. The second-order valence-corrected chi connectivity index (χ2v) is 4.26. The zero-order chi connectivity index (χ0) is 12.0. The first-order chi connectivity index (χ1) is 7.75. The van der Waals surface area contributed by atoms with Gasteiger partial charge in [-0.15, -0.1) is 0 Å². The van der Waals surface area contributed by atoms with Gasteiger partial charge < -0.3 is 0 Å². The van der Waals surface area contributed by atoms with Crippen LogP contribution in [0.1, 0.15) is 30.9 Å². The molecule has 1 heterocycles. The molecule has 0 N–H and O–H groups in total. The number of benzene rings is 1. The van der Waals surface area contributed by atoms with Crippen molar-refractivity contribution in [1.29, 1.82) is 0 Å².